The van der Waals surface area contributed by atoms with E-state index in [0.29, 0.717) is 17.6 Å². The van der Waals surface area contributed by atoms with Crippen LogP contribution in [0.5, 0.6) is 5.75 Å². The Hall–Kier alpha value is -0.660. The average Bonchev–Trinajstić information content (AvgIpc) is 2.26. The molecular weight excluding hydrogens is 231 g/mol. The van der Waals surface area contributed by atoms with Crippen LogP contribution >= 0.6 is 23.2 Å². The van der Waals surface area contributed by atoms with Gasteiger partial charge in [-0.05, 0) is 23.6 Å². The molecular formula is C12H14Cl2O. The second kappa shape index (κ2) is 6.04. The van der Waals surface area contributed by atoms with Gasteiger partial charge in [0, 0.05) is 5.54 Å². The van der Waals surface area contributed by atoms with E-state index in [1.54, 1.807) is 0 Å². The van der Waals surface area contributed by atoms with E-state index < -0.39 is 0 Å². The molecule has 3 heteroatoms. The van der Waals surface area contributed by atoms with Crippen molar-refractivity contribution in [1.29, 1.82) is 0 Å². The van der Waals surface area contributed by atoms with E-state index in [2.05, 4.69) is 26.0 Å². The van der Waals surface area contributed by atoms with Gasteiger partial charge < -0.3 is 4.74 Å². The Bertz CT molecular complexity index is 328. The van der Waals surface area contributed by atoms with Gasteiger partial charge in [-0.15, -0.1) is 0 Å². The molecule has 1 aromatic rings. The Morgan fingerprint density at radius 3 is 2.40 bits per heavy atom. The molecule has 1 rings (SSSR count). The van der Waals surface area contributed by atoms with E-state index in [1.165, 1.54) is 11.1 Å². The van der Waals surface area contributed by atoms with Crippen LogP contribution in [0.15, 0.2) is 34.8 Å². The molecule has 15 heavy (non-hydrogen) atoms. The Balaban J connectivity index is 2.57. The normalized spacial score (nSPS) is 11.9. The smallest absolute Gasteiger partial charge is 0.125 e. The second-order valence-electron chi connectivity index (χ2n) is 3.57. The highest BCUT2D eigenvalue weighted by Gasteiger charge is 1.99. The lowest BCUT2D eigenvalue weighted by atomic mass is 10.0. The molecule has 0 saturated carbocycles. The Labute approximate surface area is 101 Å². The van der Waals surface area contributed by atoms with Gasteiger partial charge in [-0.3, -0.25) is 0 Å². The van der Waals surface area contributed by atoms with Gasteiger partial charge in [0.25, 0.3) is 0 Å². The molecule has 0 radical (unpaired) electrons. The molecule has 0 fully saturated rings. The fourth-order valence-electron chi connectivity index (χ4n) is 1.13. The van der Waals surface area contributed by atoms with Gasteiger partial charge in [0.05, 0.1) is 5.03 Å². The lowest BCUT2D eigenvalue weighted by Crippen LogP contribution is -1.97. The molecule has 1 aromatic carbocycles. The summed E-state index contributed by atoms with van der Waals surface area (Å²) in [5.41, 5.74) is 2.60. The molecule has 0 N–H and O–H groups in total. The predicted octanol–water partition coefficient (Wildman–Crippen LogP) is 4.51. The molecule has 0 bridgehead atoms. The molecule has 0 aliphatic rings. The quantitative estimate of drug-likeness (QED) is 0.758. The third kappa shape index (κ3) is 4.15. The minimum absolute atomic E-state index is 0.312. The molecule has 0 amide bonds. The number of hydrogen-bond acceptors (Lipinski definition) is 1. The summed E-state index contributed by atoms with van der Waals surface area (Å²) in [6.07, 6.45) is 0. The minimum Gasteiger partial charge on any atom is -0.488 e. The third-order valence-electron chi connectivity index (χ3n) is 2.04. The van der Waals surface area contributed by atoms with Gasteiger partial charge in [-0.2, -0.15) is 0 Å². The summed E-state index contributed by atoms with van der Waals surface area (Å²) in [6, 6.07) is 7.98. The molecule has 0 saturated heterocycles. The van der Waals surface area contributed by atoms with E-state index >= 15 is 0 Å². The summed E-state index contributed by atoms with van der Waals surface area (Å²) >= 11 is 11.1. The Kier molecular flexibility index (Phi) is 5.00. The SMILES string of the molecule is CC(C)c1ccc(OCC(Cl)=CCl)cc1. The summed E-state index contributed by atoms with van der Waals surface area (Å²) in [6.45, 7) is 4.62. The Morgan fingerprint density at radius 2 is 1.93 bits per heavy atom. The van der Waals surface area contributed by atoms with Gasteiger partial charge in [0.2, 0.25) is 0 Å². The second-order valence-corrected chi connectivity index (χ2v) is 4.27. The minimum atomic E-state index is 0.312. The van der Waals surface area contributed by atoms with Crippen molar-refractivity contribution in [3.8, 4) is 5.75 Å². The fraction of sp³-hybridized carbons (Fsp3) is 0.333. The molecule has 0 aliphatic heterocycles. The zero-order chi connectivity index (χ0) is 11.3. The van der Waals surface area contributed by atoms with Crippen molar-refractivity contribution in [1.82, 2.24) is 0 Å². The summed E-state index contributed by atoms with van der Waals surface area (Å²) in [5.74, 6) is 1.33. The van der Waals surface area contributed by atoms with Crippen molar-refractivity contribution in [2.75, 3.05) is 6.61 Å². The van der Waals surface area contributed by atoms with Crippen molar-refractivity contribution in [2.24, 2.45) is 0 Å². The maximum Gasteiger partial charge on any atom is 0.125 e. The van der Waals surface area contributed by atoms with Crippen LogP contribution in [0.3, 0.4) is 0 Å². The van der Waals surface area contributed by atoms with E-state index in [9.17, 15) is 0 Å². The van der Waals surface area contributed by atoms with E-state index in [1.807, 2.05) is 12.1 Å². The molecule has 1 nitrogen and oxygen atoms in total. The molecule has 0 aromatic heterocycles. The summed E-state index contributed by atoms with van der Waals surface area (Å²) in [7, 11) is 0. The van der Waals surface area contributed by atoms with Gasteiger partial charge in [-0.1, -0.05) is 49.2 Å². The van der Waals surface area contributed by atoms with Crippen LogP contribution in [0, 0.1) is 0 Å². The van der Waals surface area contributed by atoms with E-state index in [0.717, 1.165) is 5.75 Å². The largest absolute Gasteiger partial charge is 0.488 e. The highest BCUT2D eigenvalue weighted by molar-refractivity contribution is 6.36. The Morgan fingerprint density at radius 1 is 1.33 bits per heavy atom. The van der Waals surface area contributed by atoms with Gasteiger partial charge in [0.15, 0.2) is 0 Å². The average molecular weight is 245 g/mol. The maximum absolute atomic E-state index is 5.70. The topological polar surface area (TPSA) is 9.23 Å². The number of hydrogen-bond donors (Lipinski definition) is 0. The molecule has 0 aliphatic carbocycles. The number of rotatable bonds is 4. The number of ether oxygens (including phenoxy) is 1. The molecule has 82 valence electrons. The van der Waals surface area contributed by atoms with Crippen LogP contribution < -0.4 is 4.74 Å². The standard InChI is InChI=1S/C12H14Cl2O/c1-9(2)10-3-5-12(6-4-10)15-8-11(14)7-13/h3-7,9H,8H2,1-2H3. The summed E-state index contributed by atoms with van der Waals surface area (Å²) in [5, 5.41) is 0.490. The van der Waals surface area contributed by atoms with Crippen LogP contribution in [0.2, 0.25) is 0 Å². The zero-order valence-corrected chi connectivity index (χ0v) is 10.3. The van der Waals surface area contributed by atoms with Crippen LogP contribution in [-0.2, 0) is 0 Å². The van der Waals surface area contributed by atoms with Crippen molar-refractivity contribution in [2.45, 2.75) is 19.8 Å². The van der Waals surface area contributed by atoms with Crippen LogP contribution in [0.25, 0.3) is 0 Å². The first kappa shape index (κ1) is 12.4. The molecule has 0 atom stereocenters. The van der Waals surface area contributed by atoms with Crippen molar-refractivity contribution >= 4 is 23.2 Å². The van der Waals surface area contributed by atoms with E-state index in [-0.39, 0.29) is 0 Å². The van der Waals surface area contributed by atoms with Crippen LogP contribution in [-0.4, -0.2) is 6.61 Å². The van der Waals surface area contributed by atoms with Crippen LogP contribution in [0.1, 0.15) is 25.3 Å². The number of halogens is 2. The molecule has 0 unspecified atom stereocenters. The fourth-order valence-corrected chi connectivity index (χ4v) is 1.25. The highest BCUT2D eigenvalue weighted by atomic mass is 35.5. The van der Waals surface area contributed by atoms with Crippen molar-refractivity contribution < 1.29 is 4.74 Å². The van der Waals surface area contributed by atoms with Gasteiger partial charge in [-0.25, -0.2) is 0 Å². The first-order valence-electron chi connectivity index (χ1n) is 4.81. The highest BCUT2D eigenvalue weighted by Crippen LogP contribution is 2.19. The van der Waals surface area contributed by atoms with Gasteiger partial charge in [0.1, 0.15) is 12.4 Å². The monoisotopic (exact) mass is 244 g/mol. The summed E-state index contributed by atoms with van der Waals surface area (Å²) in [4.78, 5) is 0. The first-order valence-corrected chi connectivity index (χ1v) is 5.62. The summed E-state index contributed by atoms with van der Waals surface area (Å²) < 4.78 is 5.41. The third-order valence-corrected chi connectivity index (χ3v) is 2.64. The van der Waals surface area contributed by atoms with Crippen LogP contribution in [0.4, 0.5) is 0 Å². The van der Waals surface area contributed by atoms with Gasteiger partial charge >= 0.3 is 0 Å². The maximum atomic E-state index is 5.70. The lowest BCUT2D eigenvalue weighted by molar-refractivity contribution is 0.359. The van der Waals surface area contributed by atoms with Crippen molar-refractivity contribution in [3.63, 3.8) is 0 Å². The molecule has 0 heterocycles. The van der Waals surface area contributed by atoms with Crippen molar-refractivity contribution in [3.05, 3.63) is 40.4 Å². The number of benzene rings is 1. The predicted molar refractivity (Wildman–Crippen MR) is 65.8 cm³/mol. The lowest BCUT2D eigenvalue weighted by Gasteiger charge is -2.08. The zero-order valence-electron chi connectivity index (χ0n) is 8.84. The first-order chi connectivity index (χ1) is 7.13. The van der Waals surface area contributed by atoms with E-state index in [4.69, 9.17) is 27.9 Å². The molecule has 0 spiro atoms.